The van der Waals surface area contributed by atoms with Gasteiger partial charge in [-0.25, -0.2) is 19.9 Å². The minimum absolute atomic E-state index is 0.622. The SMILES string of the molecule is c1ccc(-c2nc(-c3ccccc3)nc(-c3cccc(-n4c5ccccc5c5cc(-c6cccc7c6n(-c6ccccc6)c6nc8ccccc8n76)ccc54)c3)n2)cc1. The standard InChI is InChI=1S/C52H33N7/c1-4-16-34(17-5-1)49-54-50(35-18-6-2-7-19-35)56-51(55-49)37-20-14-23-39(32-37)57-44-27-12-10-24-41(44)42-33-36(30-31-45(42)57)40-25-15-29-47-48(40)58(38-21-8-3-9-22-38)52-53-43-26-11-13-28-46(43)59(47)52/h1-33H. The van der Waals surface area contributed by atoms with Gasteiger partial charge in [0.15, 0.2) is 17.5 Å². The molecular weight excluding hydrogens is 723 g/mol. The molecule has 0 aliphatic heterocycles. The predicted octanol–water partition coefficient (Wildman–Crippen LogP) is 12.4. The van der Waals surface area contributed by atoms with Crippen LogP contribution in [0.15, 0.2) is 200 Å². The van der Waals surface area contributed by atoms with Crippen molar-refractivity contribution in [2.45, 2.75) is 0 Å². The number of nitrogens with zero attached hydrogens (tertiary/aromatic N) is 7. The molecule has 276 valence electrons. The zero-order valence-electron chi connectivity index (χ0n) is 31.7. The van der Waals surface area contributed by atoms with Gasteiger partial charge in [0.25, 0.3) is 0 Å². The Balaban J connectivity index is 1.04. The third kappa shape index (κ3) is 5.29. The van der Waals surface area contributed by atoms with Crippen LogP contribution in [0.1, 0.15) is 0 Å². The van der Waals surface area contributed by atoms with Crippen molar-refractivity contribution in [2.75, 3.05) is 0 Å². The fourth-order valence-corrected chi connectivity index (χ4v) is 8.64. The molecule has 0 spiro atoms. The van der Waals surface area contributed by atoms with Crippen molar-refractivity contribution in [3.05, 3.63) is 200 Å². The lowest BCUT2D eigenvalue weighted by molar-refractivity contribution is 1.07. The summed E-state index contributed by atoms with van der Waals surface area (Å²) in [5.74, 6) is 2.79. The number of aromatic nitrogens is 7. The van der Waals surface area contributed by atoms with Gasteiger partial charge in [-0.2, -0.15) is 0 Å². The number of para-hydroxylation sites is 5. The maximum Gasteiger partial charge on any atom is 0.220 e. The van der Waals surface area contributed by atoms with Gasteiger partial charge in [-0.1, -0.05) is 140 Å². The first-order valence-electron chi connectivity index (χ1n) is 19.7. The van der Waals surface area contributed by atoms with Crippen LogP contribution >= 0.6 is 0 Å². The van der Waals surface area contributed by atoms with Gasteiger partial charge in [-0.05, 0) is 66.2 Å². The van der Waals surface area contributed by atoms with Crippen LogP contribution < -0.4 is 0 Å². The average molecular weight is 756 g/mol. The summed E-state index contributed by atoms with van der Waals surface area (Å²) < 4.78 is 6.94. The number of rotatable bonds is 6. The first-order chi connectivity index (χ1) is 29.3. The first kappa shape index (κ1) is 33.0. The van der Waals surface area contributed by atoms with Crippen molar-refractivity contribution in [3.8, 4) is 56.7 Å². The molecule has 0 aliphatic carbocycles. The quantitative estimate of drug-likeness (QED) is 0.169. The van der Waals surface area contributed by atoms with Crippen molar-refractivity contribution in [3.63, 3.8) is 0 Å². The molecule has 8 aromatic carbocycles. The lowest BCUT2D eigenvalue weighted by Gasteiger charge is -2.12. The van der Waals surface area contributed by atoms with Crippen LogP contribution in [0, 0.1) is 0 Å². The third-order valence-corrected chi connectivity index (χ3v) is 11.3. The van der Waals surface area contributed by atoms with Crippen molar-refractivity contribution < 1.29 is 0 Å². The van der Waals surface area contributed by atoms with Gasteiger partial charge in [-0.15, -0.1) is 0 Å². The van der Waals surface area contributed by atoms with Gasteiger partial charge in [0, 0.05) is 44.4 Å². The van der Waals surface area contributed by atoms with Crippen LogP contribution in [0.2, 0.25) is 0 Å². The van der Waals surface area contributed by atoms with Crippen molar-refractivity contribution in [2.24, 2.45) is 0 Å². The molecular formula is C52H33N7. The second-order valence-corrected chi connectivity index (χ2v) is 14.8. The molecule has 4 heterocycles. The van der Waals surface area contributed by atoms with Crippen molar-refractivity contribution in [1.82, 2.24) is 33.5 Å². The topological polar surface area (TPSA) is 65.8 Å². The number of fused-ring (bicyclic) bond motifs is 8. The molecule has 0 fully saturated rings. The maximum absolute atomic E-state index is 5.17. The Kier molecular flexibility index (Phi) is 7.40. The molecule has 12 aromatic rings. The Morgan fingerprint density at radius 1 is 0.322 bits per heavy atom. The molecule has 0 aliphatic rings. The lowest BCUT2D eigenvalue weighted by Crippen LogP contribution is -2.01. The van der Waals surface area contributed by atoms with E-state index in [9.17, 15) is 0 Å². The van der Waals surface area contributed by atoms with Gasteiger partial charge in [-0.3, -0.25) is 8.97 Å². The maximum atomic E-state index is 5.17. The molecule has 7 heteroatoms. The van der Waals surface area contributed by atoms with Crippen LogP contribution in [0.5, 0.6) is 0 Å². The van der Waals surface area contributed by atoms with E-state index in [2.05, 4.69) is 147 Å². The van der Waals surface area contributed by atoms with Crippen LogP contribution in [0.25, 0.3) is 106 Å². The minimum atomic E-state index is 0.622. The van der Waals surface area contributed by atoms with Gasteiger partial charge >= 0.3 is 0 Å². The van der Waals surface area contributed by atoms with E-state index in [-0.39, 0.29) is 0 Å². The molecule has 0 bridgehead atoms. The normalized spacial score (nSPS) is 11.7. The van der Waals surface area contributed by atoms with E-state index in [4.69, 9.17) is 19.9 Å². The molecule has 0 saturated carbocycles. The number of benzene rings is 8. The zero-order chi connectivity index (χ0) is 38.9. The summed E-state index contributed by atoms with van der Waals surface area (Å²) in [7, 11) is 0. The fourth-order valence-electron chi connectivity index (χ4n) is 8.64. The Hall–Kier alpha value is -8.16. The van der Waals surface area contributed by atoms with Crippen LogP contribution in [-0.4, -0.2) is 33.5 Å². The largest absolute Gasteiger partial charge is 0.309 e. The second kappa shape index (κ2) is 13.2. The van der Waals surface area contributed by atoms with Crippen molar-refractivity contribution >= 4 is 49.7 Å². The smallest absolute Gasteiger partial charge is 0.220 e. The molecule has 0 N–H and O–H groups in total. The van der Waals surface area contributed by atoms with Gasteiger partial charge in [0.1, 0.15) is 0 Å². The summed E-state index contributed by atoms with van der Waals surface area (Å²) in [6.45, 7) is 0. The summed E-state index contributed by atoms with van der Waals surface area (Å²) in [4.78, 5) is 20.2. The van der Waals surface area contributed by atoms with E-state index in [0.29, 0.717) is 17.5 Å². The Bertz CT molecular complexity index is 3490. The predicted molar refractivity (Wildman–Crippen MR) is 239 cm³/mol. The highest BCUT2D eigenvalue weighted by Gasteiger charge is 2.22. The average Bonchev–Trinajstić information content (AvgIpc) is 3.96. The third-order valence-electron chi connectivity index (χ3n) is 11.3. The Morgan fingerprint density at radius 3 is 1.63 bits per heavy atom. The van der Waals surface area contributed by atoms with E-state index in [0.717, 1.165) is 78.1 Å². The first-order valence-corrected chi connectivity index (χ1v) is 19.7. The molecule has 0 radical (unpaired) electrons. The number of hydrogen-bond donors (Lipinski definition) is 0. The van der Waals surface area contributed by atoms with Gasteiger partial charge in [0.05, 0.1) is 33.1 Å². The molecule has 0 saturated heterocycles. The van der Waals surface area contributed by atoms with Crippen LogP contribution in [-0.2, 0) is 0 Å². The molecule has 0 unspecified atom stereocenters. The molecule has 12 rings (SSSR count). The Labute approximate surface area is 338 Å². The second-order valence-electron chi connectivity index (χ2n) is 14.8. The zero-order valence-corrected chi connectivity index (χ0v) is 31.7. The van der Waals surface area contributed by atoms with E-state index < -0.39 is 0 Å². The monoisotopic (exact) mass is 755 g/mol. The van der Waals surface area contributed by atoms with E-state index in [1.807, 2.05) is 66.7 Å². The van der Waals surface area contributed by atoms with E-state index in [1.54, 1.807) is 0 Å². The van der Waals surface area contributed by atoms with E-state index in [1.165, 1.54) is 10.8 Å². The van der Waals surface area contributed by atoms with E-state index >= 15 is 0 Å². The molecule has 7 nitrogen and oxygen atoms in total. The van der Waals surface area contributed by atoms with Crippen LogP contribution in [0.3, 0.4) is 0 Å². The molecule has 4 aromatic heterocycles. The summed E-state index contributed by atoms with van der Waals surface area (Å²) >= 11 is 0. The lowest BCUT2D eigenvalue weighted by atomic mass is 10.0. The fraction of sp³-hybridized carbons (Fsp3) is 0. The molecule has 59 heavy (non-hydrogen) atoms. The highest BCUT2D eigenvalue weighted by atomic mass is 15.2. The Morgan fingerprint density at radius 2 is 0.881 bits per heavy atom. The highest BCUT2D eigenvalue weighted by Crippen LogP contribution is 2.40. The number of imidazole rings is 2. The highest BCUT2D eigenvalue weighted by molar-refractivity contribution is 6.11. The minimum Gasteiger partial charge on any atom is -0.309 e. The van der Waals surface area contributed by atoms with Crippen molar-refractivity contribution in [1.29, 1.82) is 0 Å². The van der Waals surface area contributed by atoms with Crippen LogP contribution in [0.4, 0.5) is 0 Å². The summed E-state index contributed by atoms with van der Waals surface area (Å²) in [5.41, 5.74) is 13.7. The summed E-state index contributed by atoms with van der Waals surface area (Å²) in [6, 6.07) is 69.7. The van der Waals surface area contributed by atoms with Gasteiger partial charge in [0.2, 0.25) is 5.78 Å². The summed E-state index contributed by atoms with van der Waals surface area (Å²) in [6.07, 6.45) is 0. The van der Waals surface area contributed by atoms with Gasteiger partial charge < -0.3 is 4.57 Å². The molecule has 0 atom stereocenters. The summed E-state index contributed by atoms with van der Waals surface area (Å²) in [5, 5.41) is 2.35. The molecule has 0 amide bonds. The number of hydrogen-bond acceptors (Lipinski definition) is 4.